The molecule has 0 spiro atoms. The van der Waals surface area contributed by atoms with Crippen LogP contribution in [0.5, 0.6) is 0 Å². The van der Waals surface area contributed by atoms with Crippen molar-refractivity contribution in [3.63, 3.8) is 0 Å². The fraction of sp³-hybridized carbons (Fsp3) is 0.864. The molecule has 0 aromatic rings. The van der Waals surface area contributed by atoms with Gasteiger partial charge in [-0.3, -0.25) is 9.36 Å². The van der Waals surface area contributed by atoms with Crippen molar-refractivity contribution in [1.29, 1.82) is 0 Å². The number of phosphoric acid groups is 1. The van der Waals surface area contributed by atoms with Gasteiger partial charge in [-0.1, -0.05) is 287 Å². The predicted octanol–water partition coefficient (Wildman–Crippen LogP) is 19.6. The van der Waals surface area contributed by atoms with Crippen LogP contribution in [-0.4, -0.2) is 68.5 Å². The number of hydrogen-bond acceptors (Lipinski definition) is 6. The van der Waals surface area contributed by atoms with E-state index in [0.717, 1.165) is 44.9 Å². The number of unbranched alkanes of at least 4 members (excludes halogenated alkanes) is 41. The number of carbonyl (C=O) groups is 1. The van der Waals surface area contributed by atoms with Crippen molar-refractivity contribution < 1.29 is 32.9 Å². The van der Waals surface area contributed by atoms with Crippen LogP contribution in [0.15, 0.2) is 48.6 Å². The minimum atomic E-state index is -4.61. The van der Waals surface area contributed by atoms with E-state index in [-0.39, 0.29) is 12.5 Å². The summed E-state index contributed by atoms with van der Waals surface area (Å²) in [7, 11) is 1.24. The van der Waals surface area contributed by atoms with E-state index in [4.69, 9.17) is 9.05 Å². The standard InChI is InChI=1S/C66H127N2O6P/c1-6-8-10-12-14-16-18-20-22-24-26-28-30-31-32-33-34-35-36-38-40-42-44-46-48-50-52-54-56-58-60-66(70)67-64(63-74-75(71,72)73-62-61-68(3,4)5)65(69)59-57-55-53-51-49-47-45-43-41-39-37-29-27-25-23-21-19-17-15-13-11-9-7-2/h31-32,41,43,49,51,57,59,64-65,69H,6-30,33-40,42,44-48,50,52-56,58,60-63H2,1-5H3,(H-,67,70,71,72)/b32-31-,43-41+,51-49+,59-57+. The number of aliphatic hydroxyl groups excluding tert-OH is 1. The molecule has 3 atom stereocenters. The van der Waals surface area contributed by atoms with Gasteiger partial charge in [-0.25, -0.2) is 0 Å². The fourth-order valence-corrected chi connectivity index (χ4v) is 10.4. The zero-order valence-electron chi connectivity index (χ0n) is 50.5. The van der Waals surface area contributed by atoms with Gasteiger partial charge >= 0.3 is 0 Å². The number of aliphatic hydroxyl groups is 1. The van der Waals surface area contributed by atoms with Crippen molar-refractivity contribution in [2.75, 3.05) is 40.9 Å². The molecule has 1 amide bonds. The molecule has 2 N–H and O–H groups in total. The lowest BCUT2D eigenvalue weighted by Gasteiger charge is -2.29. The molecule has 0 aliphatic rings. The third kappa shape index (κ3) is 60.0. The third-order valence-corrected chi connectivity index (χ3v) is 15.7. The summed E-state index contributed by atoms with van der Waals surface area (Å²) in [5.74, 6) is -0.207. The molecule has 8 nitrogen and oxygen atoms in total. The van der Waals surface area contributed by atoms with E-state index in [9.17, 15) is 19.4 Å². The van der Waals surface area contributed by atoms with Crippen LogP contribution in [0.2, 0.25) is 0 Å². The molecule has 9 heteroatoms. The summed E-state index contributed by atoms with van der Waals surface area (Å²) in [6.45, 7) is 4.66. The van der Waals surface area contributed by atoms with E-state index in [2.05, 4.69) is 55.6 Å². The number of quaternary nitrogens is 1. The molecular formula is C66H127N2O6P. The average Bonchev–Trinajstić information content (AvgIpc) is 3.37. The number of amides is 1. The number of rotatable bonds is 60. The average molecular weight is 1080 g/mol. The maximum atomic E-state index is 13.0. The van der Waals surface area contributed by atoms with Gasteiger partial charge in [0.05, 0.1) is 39.9 Å². The highest BCUT2D eigenvalue weighted by Gasteiger charge is 2.23. The molecule has 0 fully saturated rings. The van der Waals surface area contributed by atoms with Crippen LogP contribution in [0.25, 0.3) is 0 Å². The van der Waals surface area contributed by atoms with Crippen molar-refractivity contribution in [2.45, 2.75) is 328 Å². The highest BCUT2D eigenvalue weighted by molar-refractivity contribution is 7.45. The summed E-state index contributed by atoms with van der Waals surface area (Å²) in [5, 5.41) is 13.9. The topological polar surface area (TPSA) is 108 Å². The molecule has 0 aromatic heterocycles. The van der Waals surface area contributed by atoms with Crippen molar-refractivity contribution >= 4 is 13.7 Å². The molecule has 3 unspecified atom stereocenters. The molecular weight excluding hydrogens is 948 g/mol. The summed E-state index contributed by atoms with van der Waals surface area (Å²) in [5.41, 5.74) is 0. The molecule has 0 radical (unpaired) electrons. The van der Waals surface area contributed by atoms with Gasteiger partial charge in [0.2, 0.25) is 5.91 Å². The van der Waals surface area contributed by atoms with E-state index < -0.39 is 26.6 Å². The number of nitrogens with zero attached hydrogens (tertiary/aromatic N) is 1. The minimum absolute atomic E-state index is 0.00872. The second-order valence-electron chi connectivity index (χ2n) is 23.4. The smallest absolute Gasteiger partial charge is 0.268 e. The van der Waals surface area contributed by atoms with E-state index in [0.29, 0.717) is 17.4 Å². The molecule has 0 heterocycles. The molecule has 0 rings (SSSR count). The fourth-order valence-electron chi connectivity index (χ4n) is 9.65. The summed E-state index contributed by atoms with van der Waals surface area (Å²) in [6, 6.07) is -0.911. The highest BCUT2D eigenvalue weighted by Crippen LogP contribution is 2.38. The number of nitrogens with one attached hydrogen (secondary N) is 1. The Morgan fingerprint density at radius 1 is 0.453 bits per heavy atom. The van der Waals surface area contributed by atoms with Gasteiger partial charge in [0.1, 0.15) is 13.2 Å². The summed E-state index contributed by atoms with van der Waals surface area (Å²) >= 11 is 0. The number of hydrogen-bond donors (Lipinski definition) is 2. The van der Waals surface area contributed by atoms with Crippen LogP contribution in [-0.2, 0) is 18.4 Å². The first-order chi connectivity index (χ1) is 36.5. The Bertz CT molecular complexity index is 1360. The summed E-state index contributed by atoms with van der Waals surface area (Å²) < 4.78 is 23.4. The van der Waals surface area contributed by atoms with Crippen molar-refractivity contribution in [3.05, 3.63) is 48.6 Å². The van der Waals surface area contributed by atoms with Gasteiger partial charge in [-0.2, -0.15) is 0 Å². The second-order valence-corrected chi connectivity index (χ2v) is 24.9. The first kappa shape index (κ1) is 73.5. The van der Waals surface area contributed by atoms with Gasteiger partial charge < -0.3 is 28.8 Å². The Balaban J connectivity index is 4.15. The molecule has 0 aromatic carbocycles. The Morgan fingerprint density at radius 3 is 1.08 bits per heavy atom. The normalized spacial score (nSPS) is 14.1. The van der Waals surface area contributed by atoms with Gasteiger partial charge in [-0.15, -0.1) is 0 Å². The zero-order chi connectivity index (χ0) is 54.9. The van der Waals surface area contributed by atoms with Gasteiger partial charge in [0.15, 0.2) is 0 Å². The Hall–Kier alpha value is -1.54. The quantitative estimate of drug-likeness (QED) is 0.0272. The lowest BCUT2D eigenvalue weighted by atomic mass is 10.0. The largest absolute Gasteiger partial charge is 0.756 e. The number of carbonyl (C=O) groups excluding carboxylic acids is 1. The summed E-state index contributed by atoms with van der Waals surface area (Å²) in [4.78, 5) is 25.6. The Morgan fingerprint density at radius 2 is 0.747 bits per heavy atom. The first-order valence-corrected chi connectivity index (χ1v) is 34.0. The molecule has 0 aliphatic carbocycles. The minimum Gasteiger partial charge on any atom is -0.756 e. The lowest BCUT2D eigenvalue weighted by Crippen LogP contribution is -2.45. The van der Waals surface area contributed by atoms with Crippen LogP contribution >= 0.6 is 7.82 Å². The number of phosphoric ester groups is 1. The molecule has 0 saturated carbocycles. The third-order valence-electron chi connectivity index (χ3n) is 14.7. The Kier molecular flexibility index (Phi) is 56.0. The van der Waals surface area contributed by atoms with Crippen LogP contribution in [0, 0.1) is 0 Å². The van der Waals surface area contributed by atoms with Crippen LogP contribution in [0.3, 0.4) is 0 Å². The maximum absolute atomic E-state index is 13.0. The lowest BCUT2D eigenvalue weighted by molar-refractivity contribution is -0.870. The molecule has 75 heavy (non-hydrogen) atoms. The predicted molar refractivity (Wildman–Crippen MR) is 325 cm³/mol. The number of allylic oxidation sites excluding steroid dienone is 7. The molecule has 0 saturated heterocycles. The molecule has 0 bridgehead atoms. The van der Waals surface area contributed by atoms with Crippen molar-refractivity contribution in [1.82, 2.24) is 5.32 Å². The SMILES string of the molecule is CCCCCCCCCCCCCC/C=C\CCCCCCCCCCCCCCCCC(=O)NC(COP(=O)([O-])OCC[N+](C)(C)C)C(O)/C=C/CC/C=C/CC/C=C/CCCCCCCCCCCCCCC. The van der Waals surface area contributed by atoms with Crippen LogP contribution in [0.4, 0.5) is 0 Å². The zero-order valence-corrected chi connectivity index (χ0v) is 51.4. The van der Waals surface area contributed by atoms with Gasteiger partial charge in [-0.05, 0) is 70.6 Å². The second kappa shape index (κ2) is 57.2. The van der Waals surface area contributed by atoms with Gasteiger partial charge in [0, 0.05) is 6.42 Å². The van der Waals surface area contributed by atoms with E-state index in [1.807, 2.05) is 27.2 Å². The van der Waals surface area contributed by atoms with E-state index >= 15 is 0 Å². The summed E-state index contributed by atoms with van der Waals surface area (Å²) in [6.07, 6.45) is 76.5. The maximum Gasteiger partial charge on any atom is 0.268 e. The Labute approximate surface area is 467 Å². The molecule has 0 aliphatic heterocycles. The first-order valence-electron chi connectivity index (χ1n) is 32.5. The molecule has 442 valence electrons. The van der Waals surface area contributed by atoms with Crippen molar-refractivity contribution in [2.24, 2.45) is 0 Å². The van der Waals surface area contributed by atoms with Crippen molar-refractivity contribution in [3.8, 4) is 0 Å². The van der Waals surface area contributed by atoms with Crippen LogP contribution in [0.1, 0.15) is 316 Å². The van der Waals surface area contributed by atoms with E-state index in [1.54, 1.807) is 6.08 Å². The van der Waals surface area contributed by atoms with Gasteiger partial charge in [0.25, 0.3) is 7.82 Å². The van der Waals surface area contributed by atoms with E-state index in [1.165, 1.54) is 250 Å². The monoisotopic (exact) mass is 1070 g/mol. The highest BCUT2D eigenvalue weighted by atomic mass is 31.2. The number of likely N-dealkylation sites (N-methyl/N-ethyl adjacent to an activating group) is 1. The van der Waals surface area contributed by atoms with Crippen LogP contribution < -0.4 is 10.2 Å².